The minimum absolute atomic E-state index is 0.421. The number of hydrogen-bond donors (Lipinski definition) is 1. The summed E-state index contributed by atoms with van der Waals surface area (Å²) in [6.45, 7) is 6.78. The van der Waals surface area contributed by atoms with Crippen molar-refractivity contribution in [3.8, 4) is 0 Å². The van der Waals surface area contributed by atoms with Gasteiger partial charge in [0, 0.05) is 12.3 Å². The fraction of sp³-hybridized carbons (Fsp3) is 1.00. The van der Waals surface area contributed by atoms with Gasteiger partial charge >= 0.3 is 0 Å². The molecule has 0 aromatic heterocycles. The van der Waals surface area contributed by atoms with Gasteiger partial charge in [-0.25, -0.2) is 0 Å². The fourth-order valence-electron chi connectivity index (χ4n) is 3.80. The van der Waals surface area contributed by atoms with Crippen molar-refractivity contribution in [2.75, 3.05) is 26.2 Å². The second kappa shape index (κ2) is 4.19. The minimum Gasteiger partial charge on any atom is -0.396 e. The molecule has 0 radical (unpaired) electrons. The van der Waals surface area contributed by atoms with Crippen molar-refractivity contribution in [2.24, 2.45) is 5.92 Å². The van der Waals surface area contributed by atoms with Crippen LogP contribution in [0.3, 0.4) is 0 Å². The number of rotatable bonds is 2. The lowest BCUT2D eigenvalue weighted by Gasteiger charge is -2.53. The van der Waals surface area contributed by atoms with Gasteiger partial charge in [-0.3, -0.25) is 0 Å². The van der Waals surface area contributed by atoms with Crippen LogP contribution in [-0.2, 0) is 0 Å². The molecule has 2 fully saturated rings. The predicted octanol–water partition coefficient (Wildman–Crippen LogP) is 1.78. The van der Waals surface area contributed by atoms with Gasteiger partial charge in [0.2, 0.25) is 0 Å². The molecule has 0 bridgehead atoms. The molecule has 1 N–H and O–H groups in total. The fourth-order valence-corrected chi connectivity index (χ4v) is 3.80. The van der Waals surface area contributed by atoms with Gasteiger partial charge in [-0.05, 0) is 32.6 Å². The van der Waals surface area contributed by atoms with E-state index in [1.807, 2.05) is 0 Å². The molecule has 0 aromatic rings. The molecule has 2 rings (SSSR count). The number of aliphatic hydroxyl groups is 1. The van der Waals surface area contributed by atoms with Crippen molar-refractivity contribution >= 4 is 0 Å². The number of nitrogens with zero attached hydrogens (tertiary/aromatic N) is 1. The van der Waals surface area contributed by atoms with E-state index in [1.165, 1.54) is 56.2 Å². The topological polar surface area (TPSA) is 20.2 Å². The molecule has 0 saturated carbocycles. The highest BCUT2D eigenvalue weighted by Gasteiger charge is 2.44. The van der Waals surface area contributed by atoms with Crippen LogP contribution in [0.2, 0.25) is 0 Å². The van der Waals surface area contributed by atoms with Gasteiger partial charge in [-0.15, -0.1) is 0 Å². The first-order valence-corrected chi connectivity index (χ1v) is 6.29. The van der Waals surface area contributed by atoms with Crippen LogP contribution in [0.1, 0.15) is 39.0 Å². The largest absolute Gasteiger partial charge is 0.396 e. The molecule has 82 valence electrons. The summed E-state index contributed by atoms with van der Waals surface area (Å²) in [6, 6.07) is 0.785. The normalized spacial score (nSPS) is 43.3. The third kappa shape index (κ3) is 1.59. The lowest BCUT2D eigenvalue weighted by Crippen LogP contribution is -2.63. The zero-order chi connectivity index (χ0) is 10.0. The molecule has 0 spiro atoms. The second-order valence-electron chi connectivity index (χ2n) is 5.13. The summed E-state index contributed by atoms with van der Waals surface area (Å²) in [5.41, 5.74) is 0. The summed E-state index contributed by atoms with van der Waals surface area (Å²) in [7, 11) is 0. The molecule has 0 aromatic carbocycles. The Bertz CT molecular complexity index is 191. The first kappa shape index (κ1) is 10.4. The molecule has 3 atom stereocenters. The van der Waals surface area contributed by atoms with Crippen LogP contribution in [-0.4, -0.2) is 41.9 Å². The molecule has 2 heteroatoms. The van der Waals surface area contributed by atoms with Crippen molar-refractivity contribution < 1.29 is 9.59 Å². The van der Waals surface area contributed by atoms with Crippen molar-refractivity contribution in [1.82, 2.24) is 0 Å². The van der Waals surface area contributed by atoms with E-state index in [0.717, 1.165) is 6.04 Å². The summed E-state index contributed by atoms with van der Waals surface area (Å²) in [5.74, 6) is 0.601. The Morgan fingerprint density at radius 2 is 1.93 bits per heavy atom. The Kier molecular flexibility index (Phi) is 3.13. The van der Waals surface area contributed by atoms with Gasteiger partial charge in [0.25, 0.3) is 0 Å². The van der Waals surface area contributed by atoms with Gasteiger partial charge in [0.1, 0.15) is 0 Å². The molecular weight excluding hydrogens is 174 g/mol. The zero-order valence-corrected chi connectivity index (χ0v) is 9.41. The summed E-state index contributed by atoms with van der Waals surface area (Å²) < 4.78 is 1.32. The van der Waals surface area contributed by atoms with Crippen LogP contribution in [0, 0.1) is 5.92 Å². The molecule has 2 aliphatic heterocycles. The lowest BCUT2D eigenvalue weighted by molar-refractivity contribution is -0.963. The Labute approximate surface area is 87.5 Å². The highest BCUT2D eigenvalue weighted by molar-refractivity contribution is 4.78. The summed E-state index contributed by atoms with van der Waals surface area (Å²) in [4.78, 5) is 0. The molecule has 2 saturated heterocycles. The molecule has 0 amide bonds. The van der Waals surface area contributed by atoms with E-state index in [0.29, 0.717) is 12.5 Å². The van der Waals surface area contributed by atoms with Gasteiger partial charge in [0.05, 0.1) is 32.3 Å². The quantitative estimate of drug-likeness (QED) is 0.671. The SMILES string of the molecule is CC[N+]12CCCCC1[C@H](CO)CCC2. The van der Waals surface area contributed by atoms with Crippen molar-refractivity contribution in [3.63, 3.8) is 0 Å². The molecule has 14 heavy (non-hydrogen) atoms. The summed E-state index contributed by atoms with van der Waals surface area (Å²) in [5, 5.41) is 9.43. The van der Waals surface area contributed by atoms with E-state index < -0.39 is 0 Å². The Morgan fingerprint density at radius 3 is 2.64 bits per heavy atom. The van der Waals surface area contributed by atoms with Gasteiger partial charge in [-0.2, -0.15) is 0 Å². The van der Waals surface area contributed by atoms with Gasteiger partial charge < -0.3 is 9.59 Å². The molecule has 2 aliphatic rings. The third-order valence-corrected chi connectivity index (χ3v) is 4.64. The Morgan fingerprint density at radius 1 is 1.14 bits per heavy atom. The number of fused-ring (bicyclic) bond motifs is 1. The van der Waals surface area contributed by atoms with Crippen LogP contribution in [0.5, 0.6) is 0 Å². The van der Waals surface area contributed by atoms with Crippen LogP contribution < -0.4 is 0 Å². The van der Waals surface area contributed by atoms with E-state index in [-0.39, 0.29) is 0 Å². The summed E-state index contributed by atoms with van der Waals surface area (Å²) >= 11 is 0. The number of piperidine rings is 2. The average Bonchev–Trinajstić information content (AvgIpc) is 2.28. The molecule has 0 aliphatic carbocycles. The maximum atomic E-state index is 9.43. The number of aliphatic hydroxyl groups excluding tert-OH is 1. The van der Waals surface area contributed by atoms with Crippen molar-refractivity contribution in [1.29, 1.82) is 0 Å². The average molecular weight is 198 g/mol. The maximum absolute atomic E-state index is 9.43. The molecule has 2 unspecified atom stereocenters. The summed E-state index contributed by atoms with van der Waals surface area (Å²) in [6.07, 6.45) is 6.75. The lowest BCUT2D eigenvalue weighted by atomic mass is 9.81. The smallest absolute Gasteiger partial charge is 0.0941 e. The molecule has 2 heterocycles. The van der Waals surface area contributed by atoms with Gasteiger partial charge in [-0.1, -0.05) is 0 Å². The number of quaternary nitrogens is 1. The van der Waals surface area contributed by atoms with Crippen LogP contribution in [0.4, 0.5) is 0 Å². The monoisotopic (exact) mass is 198 g/mol. The third-order valence-electron chi connectivity index (χ3n) is 4.64. The van der Waals surface area contributed by atoms with E-state index in [1.54, 1.807) is 0 Å². The predicted molar refractivity (Wildman–Crippen MR) is 58.0 cm³/mol. The number of hydrogen-bond acceptors (Lipinski definition) is 1. The van der Waals surface area contributed by atoms with Crippen LogP contribution in [0.15, 0.2) is 0 Å². The van der Waals surface area contributed by atoms with Crippen LogP contribution >= 0.6 is 0 Å². The zero-order valence-electron chi connectivity index (χ0n) is 9.41. The molecular formula is C12H24NO+. The van der Waals surface area contributed by atoms with Crippen molar-refractivity contribution in [2.45, 2.75) is 45.1 Å². The standard InChI is InChI=1S/C12H24NO/c1-2-13-8-4-3-7-12(13)11(10-14)6-5-9-13/h11-12,14H,2-10H2,1H3/q+1/t11-,12?,13?/m0/s1. The van der Waals surface area contributed by atoms with E-state index >= 15 is 0 Å². The Hall–Kier alpha value is -0.0800. The minimum atomic E-state index is 0.421. The van der Waals surface area contributed by atoms with Crippen molar-refractivity contribution in [3.05, 3.63) is 0 Å². The molecule has 2 nitrogen and oxygen atoms in total. The van der Waals surface area contributed by atoms with E-state index in [2.05, 4.69) is 6.92 Å². The first-order valence-electron chi connectivity index (χ1n) is 6.29. The van der Waals surface area contributed by atoms with E-state index in [9.17, 15) is 5.11 Å². The van der Waals surface area contributed by atoms with Crippen LogP contribution in [0.25, 0.3) is 0 Å². The van der Waals surface area contributed by atoms with E-state index in [4.69, 9.17) is 0 Å². The first-order chi connectivity index (χ1) is 6.82. The maximum Gasteiger partial charge on any atom is 0.0941 e. The second-order valence-corrected chi connectivity index (χ2v) is 5.13. The Balaban J connectivity index is 2.15. The van der Waals surface area contributed by atoms with Gasteiger partial charge in [0.15, 0.2) is 0 Å². The highest BCUT2D eigenvalue weighted by atomic mass is 16.3. The highest BCUT2D eigenvalue weighted by Crippen LogP contribution is 2.36.